The molecule has 3 aromatic carbocycles. The molecule has 0 saturated heterocycles. The van der Waals surface area contributed by atoms with Crippen molar-refractivity contribution in [3.8, 4) is 5.69 Å². The van der Waals surface area contributed by atoms with E-state index in [-0.39, 0.29) is 5.56 Å². The van der Waals surface area contributed by atoms with Crippen LogP contribution in [0, 0.1) is 6.92 Å². The van der Waals surface area contributed by atoms with Gasteiger partial charge in [-0.3, -0.25) is 4.79 Å². The summed E-state index contributed by atoms with van der Waals surface area (Å²) in [5, 5.41) is 12.7. The molecule has 6 rings (SSSR count). The molecule has 1 saturated carbocycles. The number of rotatable bonds is 4. The van der Waals surface area contributed by atoms with Crippen LogP contribution in [0.3, 0.4) is 0 Å². The van der Waals surface area contributed by atoms with Gasteiger partial charge in [-0.1, -0.05) is 60.7 Å². The third-order valence-electron chi connectivity index (χ3n) is 6.22. The molecule has 1 fully saturated rings. The van der Waals surface area contributed by atoms with Crippen LogP contribution >= 0.6 is 0 Å². The zero-order chi connectivity index (χ0) is 20.9. The topological polar surface area (TPSA) is 52.7 Å². The van der Waals surface area contributed by atoms with Gasteiger partial charge >= 0.3 is 0 Å². The second-order valence-electron chi connectivity index (χ2n) is 8.37. The number of aryl methyl sites for hydroxylation is 1. The summed E-state index contributed by atoms with van der Waals surface area (Å²) in [7, 11) is 0. The first kappa shape index (κ1) is 18.1. The molecule has 1 aliphatic carbocycles. The van der Waals surface area contributed by atoms with Gasteiger partial charge in [0.15, 0.2) is 0 Å². The van der Waals surface area contributed by atoms with E-state index in [4.69, 9.17) is 5.10 Å². The van der Waals surface area contributed by atoms with Crippen molar-refractivity contribution in [2.45, 2.75) is 32.2 Å². The smallest absolute Gasteiger partial charge is 0.265 e. The Morgan fingerprint density at radius 1 is 0.935 bits per heavy atom. The lowest BCUT2D eigenvalue weighted by Crippen LogP contribution is -2.26. The molecular weight excluding hydrogens is 384 g/mol. The lowest BCUT2D eigenvalue weighted by Gasteiger charge is -2.12. The van der Waals surface area contributed by atoms with Gasteiger partial charge in [0.2, 0.25) is 0 Å². The van der Waals surface area contributed by atoms with Gasteiger partial charge in [0.05, 0.1) is 24.1 Å². The van der Waals surface area contributed by atoms with Gasteiger partial charge in [-0.2, -0.15) is 10.2 Å². The Morgan fingerprint density at radius 3 is 2.55 bits per heavy atom. The minimum atomic E-state index is -0.104. The Morgan fingerprint density at radius 2 is 1.71 bits per heavy atom. The molecule has 0 unspecified atom stereocenters. The third-order valence-corrected chi connectivity index (χ3v) is 6.22. The summed E-state index contributed by atoms with van der Waals surface area (Å²) in [6, 6.07) is 22.5. The third kappa shape index (κ3) is 2.96. The van der Waals surface area contributed by atoms with Gasteiger partial charge in [-0.15, -0.1) is 0 Å². The quantitative estimate of drug-likeness (QED) is 0.423. The fourth-order valence-corrected chi connectivity index (χ4v) is 4.43. The van der Waals surface area contributed by atoms with Crippen LogP contribution in [0.25, 0.3) is 27.4 Å². The van der Waals surface area contributed by atoms with Crippen LogP contribution in [0.2, 0.25) is 0 Å². The second-order valence-corrected chi connectivity index (χ2v) is 8.37. The molecule has 5 aromatic rings. The Balaban J connectivity index is 1.58. The van der Waals surface area contributed by atoms with Crippen LogP contribution in [-0.2, 0) is 6.54 Å². The number of hydrogen-bond acceptors (Lipinski definition) is 3. The van der Waals surface area contributed by atoms with Gasteiger partial charge in [0.1, 0.15) is 5.52 Å². The van der Waals surface area contributed by atoms with E-state index in [1.165, 1.54) is 5.39 Å². The molecule has 0 bridgehead atoms. The molecule has 2 heterocycles. The first-order valence-electron chi connectivity index (χ1n) is 10.7. The molecule has 31 heavy (non-hydrogen) atoms. The summed E-state index contributed by atoms with van der Waals surface area (Å²) in [6.45, 7) is 2.48. The SMILES string of the molecule is Cc1ccccc1-n1ncc2c(C3CC3)nn(Cc3cccc4ccccc34)c(=O)c21. The normalized spacial score (nSPS) is 13.8. The zero-order valence-electron chi connectivity index (χ0n) is 17.3. The van der Waals surface area contributed by atoms with Crippen molar-refractivity contribution in [2.75, 3.05) is 0 Å². The predicted octanol–water partition coefficient (Wildman–Crippen LogP) is 4.97. The molecule has 2 aromatic heterocycles. The van der Waals surface area contributed by atoms with Crippen LogP contribution in [0.1, 0.15) is 35.6 Å². The Bertz CT molecular complexity index is 1500. The van der Waals surface area contributed by atoms with Gasteiger partial charge in [-0.05, 0) is 47.7 Å². The minimum absolute atomic E-state index is 0.104. The Hall–Kier alpha value is -3.73. The molecule has 5 nitrogen and oxygen atoms in total. The summed E-state index contributed by atoms with van der Waals surface area (Å²) in [4.78, 5) is 13.7. The molecule has 0 amide bonds. The average molecular weight is 406 g/mol. The van der Waals surface area contributed by atoms with Crippen molar-refractivity contribution in [2.24, 2.45) is 0 Å². The lowest BCUT2D eigenvalue weighted by atomic mass is 10.0. The lowest BCUT2D eigenvalue weighted by molar-refractivity contribution is 0.629. The van der Waals surface area contributed by atoms with Crippen LogP contribution in [-0.4, -0.2) is 19.6 Å². The number of aromatic nitrogens is 4. The molecule has 5 heteroatoms. The molecule has 152 valence electrons. The number of fused-ring (bicyclic) bond motifs is 2. The van der Waals surface area contributed by atoms with E-state index >= 15 is 0 Å². The van der Waals surface area contributed by atoms with E-state index < -0.39 is 0 Å². The van der Waals surface area contributed by atoms with E-state index in [0.717, 1.165) is 46.1 Å². The Labute approximate surface area is 179 Å². The standard InChI is InChI=1S/C26H22N4O/c1-17-7-2-5-12-23(17)30-25-22(15-27-30)24(19-13-14-19)28-29(26(25)31)16-20-10-6-9-18-8-3-4-11-21(18)20/h2-12,15,19H,13-14,16H2,1H3. The van der Waals surface area contributed by atoms with E-state index in [0.29, 0.717) is 18.0 Å². The van der Waals surface area contributed by atoms with Crippen molar-refractivity contribution in [1.82, 2.24) is 19.6 Å². The van der Waals surface area contributed by atoms with Crippen molar-refractivity contribution in [3.63, 3.8) is 0 Å². The van der Waals surface area contributed by atoms with Crippen molar-refractivity contribution in [3.05, 3.63) is 100 Å². The van der Waals surface area contributed by atoms with E-state index in [2.05, 4.69) is 29.4 Å². The largest absolute Gasteiger partial charge is 0.293 e. The van der Waals surface area contributed by atoms with Gasteiger partial charge in [0.25, 0.3) is 5.56 Å². The average Bonchev–Trinajstić information content (AvgIpc) is 3.54. The summed E-state index contributed by atoms with van der Waals surface area (Å²) < 4.78 is 3.42. The van der Waals surface area contributed by atoms with Crippen LogP contribution in [0.15, 0.2) is 77.7 Å². The molecule has 1 aliphatic rings. The van der Waals surface area contributed by atoms with Crippen molar-refractivity contribution in [1.29, 1.82) is 0 Å². The summed E-state index contributed by atoms with van der Waals surface area (Å²) in [6.07, 6.45) is 4.04. The highest BCUT2D eigenvalue weighted by molar-refractivity contribution is 5.86. The minimum Gasteiger partial charge on any atom is -0.265 e. The summed E-state index contributed by atoms with van der Waals surface area (Å²) in [5.41, 5.74) is 4.61. The van der Waals surface area contributed by atoms with E-state index in [1.54, 1.807) is 9.36 Å². The molecular formula is C26H22N4O. The molecule has 0 radical (unpaired) electrons. The highest BCUT2D eigenvalue weighted by Gasteiger charge is 2.30. The predicted molar refractivity (Wildman–Crippen MR) is 123 cm³/mol. The number of nitrogens with zero attached hydrogens (tertiary/aromatic N) is 4. The molecule has 0 spiro atoms. The monoisotopic (exact) mass is 406 g/mol. The van der Waals surface area contributed by atoms with E-state index in [1.807, 2.05) is 55.6 Å². The maximum absolute atomic E-state index is 13.7. The number of para-hydroxylation sites is 1. The molecule has 0 atom stereocenters. The summed E-state index contributed by atoms with van der Waals surface area (Å²) >= 11 is 0. The molecule has 0 aliphatic heterocycles. The first-order valence-corrected chi connectivity index (χ1v) is 10.7. The fourth-order valence-electron chi connectivity index (χ4n) is 4.43. The van der Waals surface area contributed by atoms with Crippen LogP contribution in [0.5, 0.6) is 0 Å². The maximum Gasteiger partial charge on any atom is 0.293 e. The van der Waals surface area contributed by atoms with Gasteiger partial charge < -0.3 is 0 Å². The van der Waals surface area contributed by atoms with Crippen LogP contribution < -0.4 is 5.56 Å². The maximum atomic E-state index is 13.7. The number of hydrogen-bond donors (Lipinski definition) is 0. The van der Waals surface area contributed by atoms with Crippen molar-refractivity contribution >= 4 is 21.7 Å². The summed E-state index contributed by atoms with van der Waals surface area (Å²) in [5.74, 6) is 0.413. The van der Waals surface area contributed by atoms with Crippen LogP contribution in [0.4, 0.5) is 0 Å². The molecule has 0 N–H and O–H groups in total. The highest BCUT2D eigenvalue weighted by atomic mass is 16.1. The Kier molecular flexibility index (Phi) is 4.03. The first-order chi connectivity index (χ1) is 15.2. The second kappa shape index (κ2) is 6.91. The highest BCUT2D eigenvalue weighted by Crippen LogP contribution is 2.41. The van der Waals surface area contributed by atoms with E-state index in [9.17, 15) is 4.79 Å². The zero-order valence-corrected chi connectivity index (χ0v) is 17.3. The fraction of sp³-hybridized carbons (Fsp3) is 0.192. The number of benzene rings is 3. The van der Waals surface area contributed by atoms with Gasteiger partial charge in [0, 0.05) is 11.3 Å². The van der Waals surface area contributed by atoms with Crippen molar-refractivity contribution < 1.29 is 0 Å². The van der Waals surface area contributed by atoms with Gasteiger partial charge in [-0.25, -0.2) is 9.36 Å².